The Balaban J connectivity index is 2.42. The van der Waals surface area contributed by atoms with Gasteiger partial charge in [0.25, 0.3) is 5.56 Å². The van der Waals surface area contributed by atoms with Gasteiger partial charge in [0.1, 0.15) is 18.2 Å². The Morgan fingerprint density at radius 2 is 2.00 bits per heavy atom. The molecule has 0 saturated heterocycles. The van der Waals surface area contributed by atoms with Crippen LogP contribution in [0.1, 0.15) is 19.0 Å². The van der Waals surface area contributed by atoms with E-state index in [4.69, 9.17) is 0 Å². The van der Waals surface area contributed by atoms with E-state index < -0.39 is 0 Å². The molecule has 0 aliphatic rings. The molecule has 1 aromatic heterocycles. The molecule has 0 aliphatic heterocycles. The molecule has 0 bridgehead atoms. The van der Waals surface area contributed by atoms with Gasteiger partial charge < -0.3 is 5.32 Å². The van der Waals surface area contributed by atoms with E-state index >= 15 is 0 Å². The Morgan fingerprint density at radius 1 is 1.32 bits per heavy atom. The van der Waals surface area contributed by atoms with Gasteiger partial charge in [-0.1, -0.05) is 6.92 Å². The van der Waals surface area contributed by atoms with E-state index in [2.05, 4.69) is 10.3 Å². The van der Waals surface area contributed by atoms with Crippen LogP contribution in [-0.2, 0) is 11.3 Å². The lowest BCUT2D eigenvalue weighted by Crippen LogP contribution is -2.33. The third kappa shape index (κ3) is 3.78. The Morgan fingerprint density at radius 3 is 2.64 bits per heavy atom. The largest absolute Gasteiger partial charge is 0.355 e. The smallest absolute Gasteiger partial charge is 0.254 e. The molecule has 22 heavy (non-hydrogen) atoms. The molecule has 0 unspecified atom stereocenters. The monoisotopic (exact) mass is 303 g/mol. The fourth-order valence-electron chi connectivity index (χ4n) is 2.06. The summed E-state index contributed by atoms with van der Waals surface area (Å²) in [5, 5.41) is 2.72. The van der Waals surface area contributed by atoms with Gasteiger partial charge in [0.05, 0.1) is 0 Å². The predicted molar refractivity (Wildman–Crippen MR) is 81.9 cm³/mol. The molecule has 1 N–H and O–H groups in total. The Labute approximate surface area is 127 Å². The summed E-state index contributed by atoms with van der Waals surface area (Å²) in [7, 11) is 0. The number of rotatable bonds is 5. The van der Waals surface area contributed by atoms with Crippen LogP contribution in [0.2, 0.25) is 0 Å². The summed E-state index contributed by atoms with van der Waals surface area (Å²) in [5.74, 6) is -0.263. The lowest BCUT2D eigenvalue weighted by atomic mass is 10.2. The third-order valence-corrected chi connectivity index (χ3v) is 3.11. The summed E-state index contributed by atoms with van der Waals surface area (Å²) in [5.41, 5.74) is 0.832. The SMILES string of the molecule is CCCNC(=O)Cn1c(-c2ccc(F)cc2)nc(C)cc1=O. The van der Waals surface area contributed by atoms with Crippen LogP contribution in [0.15, 0.2) is 35.1 Å². The minimum absolute atomic E-state index is 0.112. The van der Waals surface area contributed by atoms with E-state index in [-0.39, 0.29) is 23.8 Å². The number of hydrogen-bond acceptors (Lipinski definition) is 3. The molecule has 0 atom stereocenters. The maximum Gasteiger partial charge on any atom is 0.254 e. The van der Waals surface area contributed by atoms with Crippen molar-refractivity contribution in [3.63, 3.8) is 0 Å². The highest BCUT2D eigenvalue weighted by Crippen LogP contribution is 2.16. The number of aromatic nitrogens is 2. The molecule has 1 aromatic carbocycles. The average Bonchev–Trinajstić information content (AvgIpc) is 2.48. The van der Waals surface area contributed by atoms with Gasteiger partial charge in [-0.05, 0) is 37.6 Å². The number of nitrogens with zero attached hydrogens (tertiary/aromatic N) is 2. The summed E-state index contributed by atoms with van der Waals surface area (Å²) in [4.78, 5) is 28.4. The van der Waals surface area contributed by atoms with Crippen LogP contribution in [0, 0.1) is 12.7 Å². The average molecular weight is 303 g/mol. The second-order valence-corrected chi connectivity index (χ2v) is 5.00. The van der Waals surface area contributed by atoms with Gasteiger partial charge in [0.15, 0.2) is 0 Å². The highest BCUT2D eigenvalue weighted by Gasteiger charge is 2.12. The van der Waals surface area contributed by atoms with Gasteiger partial charge in [-0.2, -0.15) is 0 Å². The van der Waals surface area contributed by atoms with Crippen molar-refractivity contribution < 1.29 is 9.18 Å². The molecule has 6 heteroatoms. The van der Waals surface area contributed by atoms with Gasteiger partial charge in [-0.15, -0.1) is 0 Å². The Bertz CT molecular complexity index is 723. The molecular formula is C16H18FN3O2. The minimum atomic E-state index is -0.369. The third-order valence-electron chi connectivity index (χ3n) is 3.11. The van der Waals surface area contributed by atoms with Crippen LogP contribution >= 0.6 is 0 Å². The first-order valence-corrected chi connectivity index (χ1v) is 7.12. The number of hydrogen-bond donors (Lipinski definition) is 1. The van der Waals surface area contributed by atoms with Crippen LogP contribution in [0.25, 0.3) is 11.4 Å². The highest BCUT2D eigenvalue weighted by atomic mass is 19.1. The summed E-state index contributed by atoms with van der Waals surface area (Å²) in [6.45, 7) is 4.09. The molecule has 0 radical (unpaired) electrons. The number of amides is 1. The summed E-state index contributed by atoms with van der Waals surface area (Å²) >= 11 is 0. The Hall–Kier alpha value is -2.50. The number of aryl methyl sites for hydroxylation is 1. The zero-order valence-corrected chi connectivity index (χ0v) is 12.6. The first-order valence-electron chi connectivity index (χ1n) is 7.12. The number of carbonyl (C=O) groups excluding carboxylic acids is 1. The van der Waals surface area contributed by atoms with Crippen molar-refractivity contribution in [3.8, 4) is 11.4 Å². The van der Waals surface area contributed by atoms with E-state index in [1.54, 1.807) is 6.92 Å². The minimum Gasteiger partial charge on any atom is -0.355 e. The molecule has 0 aliphatic carbocycles. The summed E-state index contributed by atoms with van der Waals surface area (Å²) in [6, 6.07) is 7.05. The first kappa shape index (κ1) is 15.9. The van der Waals surface area contributed by atoms with Gasteiger partial charge >= 0.3 is 0 Å². The molecule has 1 amide bonds. The van der Waals surface area contributed by atoms with Crippen molar-refractivity contribution in [2.24, 2.45) is 0 Å². The van der Waals surface area contributed by atoms with E-state index in [9.17, 15) is 14.0 Å². The predicted octanol–water partition coefficient (Wildman–Crippen LogP) is 1.88. The lowest BCUT2D eigenvalue weighted by Gasteiger charge is -2.12. The number of carbonyl (C=O) groups is 1. The van der Waals surface area contributed by atoms with Gasteiger partial charge in [-0.3, -0.25) is 14.2 Å². The van der Waals surface area contributed by atoms with Crippen LogP contribution in [0.4, 0.5) is 4.39 Å². The molecular weight excluding hydrogens is 285 g/mol. The van der Waals surface area contributed by atoms with Crippen molar-refractivity contribution in [2.75, 3.05) is 6.54 Å². The second kappa shape index (κ2) is 6.98. The van der Waals surface area contributed by atoms with Crippen LogP contribution in [-0.4, -0.2) is 22.0 Å². The molecule has 2 aromatic rings. The van der Waals surface area contributed by atoms with Crippen molar-refractivity contribution in [1.29, 1.82) is 0 Å². The van der Waals surface area contributed by atoms with E-state index in [1.807, 2.05) is 6.92 Å². The normalized spacial score (nSPS) is 10.5. The van der Waals surface area contributed by atoms with Crippen LogP contribution < -0.4 is 10.9 Å². The fraction of sp³-hybridized carbons (Fsp3) is 0.312. The molecule has 0 fully saturated rings. The van der Waals surface area contributed by atoms with Gasteiger partial charge in [0.2, 0.25) is 5.91 Å². The topological polar surface area (TPSA) is 64.0 Å². The Kier molecular flexibility index (Phi) is 5.04. The standard InChI is InChI=1S/C16H18FN3O2/c1-3-8-18-14(21)10-20-15(22)9-11(2)19-16(20)12-4-6-13(17)7-5-12/h4-7,9H,3,8,10H2,1-2H3,(H,18,21). The molecule has 1 heterocycles. The highest BCUT2D eigenvalue weighted by molar-refractivity contribution is 5.76. The maximum atomic E-state index is 13.1. The van der Waals surface area contributed by atoms with E-state index in [0.717, 1.165) is 6.42 Å². The zero-order valence-electron chi connectivity index (χ0n) is 12.6. The van der Waals surface area contributed by atoms with Crippen molar-refractivity contribution in [2.45, 2.75) is 26.8 Å². The first-order chi connectivity index (χ1) is 10.5. The number of nitrogens with one attached hydrogen (secondary N) is 1. The molecule has 5 nitrogen and oxygen atoms in total. The number of benzene rings is 1. The quantitative estimate of drug-likeness (QED) is 0.917. The zero-order chi connectivity index (χ0) is 16.1. The second-order valence-electron chi connectivity index (χ2n) is 5.00. The van der Waals surface area contributed by atoms with Crippen molar-refractivity contribution >= 4 is 5.91 Å². The summed E-state index contributed by atoms with van der Waals surface area (Å²) in [6.07, 6.45) is 0.817. The number of halogens is 1. The lowest BCUT2D eigenvalue weighted by molar-refractivity contribution is -0.121. The molecule has 0 spiro atoms. The van der Waals surface area contributed by atoms with Crippen molar-refractivity contribution in [1.82, 2.24) is 14.9 Å². The van der Waals surface area contributed by atoms with Gasteiger partial charge in [0, 0.05) is 23.9 Å². The van der Waals surface area contributed by atoms with E-state index in [0.29, 0.717) is 23.6 Å². The van der Waals surface area contributed by atoms with E-state index in [1.165, 1.54) is 34.9 Å². The maximum absolute atomic E-state index is 13.1. The van der Waals surface area contributed by atoms with Crippen LogP contribution in [0.3, 0.4) is 0 Å². The fourth-order valence-corrected chi connectivity index (χ4v) is 2.06. The molecule has 2 rings (SSSR count). The molecule has 0 saturated carbocycles. The molecule has 116 valence electrons. The van der Waals surface area contributed by atoms with Crippen LogP contribution in [0.5, 0.6) is 0 Å². The van der Waals surface area contributed by atoms with Crippen molar-refractivity contribution in [3.05, 3.63) is 52.2 Å². The van der Waals surface area contributed by atoms with Gasteiger partial charge in [-0.25, -0.2) is 9.37 Å². The summed E-state index contributed by atoms with van der Waals surface area (Å²) < 4.78 is 14.4.